The van der Waals surface area contributed by atoms with E-state index in [0.717, 1.165) is 37.9 Å². The summed E-state index contributed by atoms with van der Waals surface area (Å²) in [6.07, 6.45) is 3.57. The van der Waals surface area contributed by atoms with Gasteiger partial charge in [-0.05, 0) is 54.3 Å². The Bertz CT molecular complexity index is 681. The molecule has 0 bridgehead atoms. The molecule has 1 aliphatic heterocycles. The van der Waals surface area contributed by atoms with E-state index in [2.05, 4.69) is 15.5 Å². The summed E-state index contributed by atoms with van der Waals surface area (Å²) in [7, 11) is 0. The Balaban J connectivity index is 1.87. The average molecular weight is 317 g/mol. The van der Waals surface area contributed by atoms with E-state index in [1.807, 2.05) is 11.0 Å². The van der Waals surface area contributed by atoms with Crippen molar-refractivity contribution in [3.05, 3.63) is 41.5 Å². The molecule has 3 rings (SSSR count). The summed E-state index contributed by atoms with van der Waals surface area (Å²) < 4.78 is 15.0. The number of nitrogens with zero attached hydrogens (tertiary/aromatic N) is 5. The molecule has 1 aliphatic rings. The number of hydrogen-bond acceptors (Lipinski definition) is 4. The van der Waals surface area contributed by atoms with Crippen molar-refractivity contribution in [2.75, 3.05) is 13.1 Å². The van der Waals surface area contributed by atoms with E-state index in [1.165, 1.54) is 12.1 Å². The van der Waals surface area contributed by atoms with Crippen LogP contribution in [0.25, 0.3) is 0 Å². The Morgan fingerprint density at radius 2 is 2.09 bits per heavy atom. The van der Waals surface area contributed by atoms with Gasteiger partial charge in [0.15, 0.2) is 0 Å². The fourth-order valence-electron chi connectivity index (χ4n) is 3.02. The molecule has 0 saturated carbocycles. The first-order valence-corrected chi connectivity index (χ1v) is 7.93. The second-order valence-corrected chi connectivity index (χ2v) is 5.91. The molecule has 1 amide bonds. The minimum absolute atomic E-state index is 0.00404. The molecular formula is C16H20FN5O. The van der Waals surface area contributed by atoms with Gasteiger partial charge < -0.3 is 4.90 Å². The molecule has 0 radical (unpaired) electrons. The lowest BCUT2D eigenvalue weighted by Crippen LogP contribution is -2.41. The predicted molar refractivity (Wildman–Crippen MR) is 82.1 cm³/mol. The van der Waals surface area contributed by atoms with Crippen molar-refractivity contribution >= 4 is 5.91 Å². The number of rotatable bonds is 4. The summed E-state index contributed by atoms with van der Waals surface area (Å²) >= 11 is 0. The Labute approximate surface area is 134 Å². The molecule has 1 saturated heterocycles. The summed E-state index contributed by atoms with van der Waals surface area (Å²) in [4.78, 5) is 14.8. The second kappa shape index (κ2) is 6.85. The van der Waals surface area contributed by atoms with Crippen LogP contribution in [0.2, 0.25) is 0 Å². The van der Waals surface area contributed by atoms with Crippen molar-refractivity contribution in [1.82, 2.24) is 25.1 Å². The van der Waals surface area contributed by atoms with E-state index in [4.69, 9.17) is 0 Å². The lowest BCUT2D eigenvalue weighted by molar-refractivity contribution is -0.136. The molecule has 2 aromatic rings. The predicted octanol–water partition coefficient (Wildman–Crippen LogP) is 1.92. The molecule has 23 heavy (non-hydrogen) atoms. The molecule has 7 heteroatoms. The van der Waals surface area contributed by atoms with Crippen LogP contribution >= 0.6 is 0 Å². The van der Waals surface area contributed by atoms with Gasteiger partial charge in [-0.15, -0.1) is 5.10 Å². The Morgan fingerprint density at radius 3 is 2.74 bits per heavy atom. The Kier molecular flexibility index (Phi) is 4.64. The van der Waals surface area contributed by atoms with Gasteiger partial charge in [0.25, 0.3) is 0 Å². The molecule has 1 aromatic heterocycles. The maximum Gasteiger partial charge on any atom is 0.247 e. The number of benzene rings is 1. The minimum Gasteiger partial charge on any atom is -0.341 e. The van der Waals surface area contributed by atoms with E-state index in [-0.39, 0.29) is 11.7 Å². The van der Waals surface area contributed by atoms with Gasteiger partial charge in [-0.3, -0.25) is 4.79 Å². The number of aryl methyl sites for hydroxylation is 1. The number of halogens is 1. The first-order valence-electron chi connectivity index (χ1n) is 7.93. The van der Waals surface area contributed by atoms with Gasteiger partial charge >= 0.3 is 0 Å². The highest BCUT2D eigenvalue weighted by Gasteiger charge is 2.29. The fraction of sp³-hybridized carbons (Fsp3) is 0.500. The van der Waals surface area contributed by atoms with Gasteiger partial charge in [-0.25, -0.2) is 9.07 Å². The molecule has 0 unspecified atom stereocenters. The number of likely N-dealkylation sites (tertiary alicyclic amines) is 1. The van der Waals surface area contributed by atoms with Crippen LogP contribution in [-0.4, -0.2) is 44.1 Å². The zero-order valence-corrected chi connectivity index (χ0v) is 13.2. The van der Waals surface area contributed by atoms with Crippen LogP contribution in [0.3, 0.4) is 0 Å². The number of hydrogen-bond donors (Lipinski definition) is 0. The van der Waals surface area contributed by atoms with Crippen LogP contribution in [0.15, 0.2) is 24.3 Å². The van der Waals surface area contributed by atoms with Crippen LogP contribution < -0.4 is 0 Å². The first kappa shape index (κ1) is 15.6. The number of piperidine rings is 1. The minimum atomic E-state index is -0.537. The smallest absolute Gasteiger partial charge is 0.247 e. The van der Waals surface area contributed by atoms with Crippen LogP contribution in [0, 0.1) is 12.7 Å². The standard InChI is InChI=1S/C16H20FN5O/c1-12-18-19-20-22(12)15(11-13-6-5-7-14(17)10-13)16(23)21-8-3-2-4-9-21/h5-7,10,15H,2-4,8-9,11H2,1H3/t15-/m1/s1. The molecule has 2 heterocycles. The molecule has 0 N–H and O–H groups in total. The van der Waals surface area contributed by atoms with Gasteiger partial charge in [0, 0.05) is 19.5 Å². The van der Waals surface area contributed by atoms with Crippen LogP contribution in [-0.2, 0) is 11.2 Å². The molecule has 6 nitrogen and oxygen atoms in total. The number of tetrazole rings is 1. The van der Waals surface area contributed by atoms with E-state index >= 15 is 0 Å². The zero-order valence-electron chi connectivity index (χ0n) is 13.2. The highest BCUT2D eigenvalue weighted by Crippen LogP contribution is 2.20. The van der Waals surface area contributed by atoms with Crippen molar-refractivity contribution in [1.29, 1.82) is 0 Å². The second-order valence-electron chi connectivity index (χ2n) is 5.91. The Morgan fingerprint density at radius 1 is 1.30 bits per heavy atom. The molecule has 0 aliphatic carbocycles. The van der Waals surface area contributed by atoms with Crippen molar-refractivity contribution < 1.29 is 9.18 Å². The van der Waals surface area contributed by atoms with Gasteiger partial charge in [0.1, 0.15) is 17.7 Å². The largest absolute Gasteiger partial charge is 0.341 e. The quantitative estimate of drug-likeness (QED) is 0.864. The summed E-state index contributed by atoms with van der Waals surface area (Å²) in [6, 6.07) is 5.78. The Hall–Kier alpha value is -2.31. The number of carbonyl (C=O) groups excluding carboxylic acids is 1. The summed E-state index contributed by atoms with van der Waals surface area (Å²) in [6.45, 7) is 3.29. The topological polar surface area (TPSA) is 63.9 Å². The molecule has 1 fully saturated rings. The van der Waals surface area contributed by atoms with Gasteiger partial charge in [-0.2, -0.15) is 0 Å². The van der Waals surface area contributed by atoms with Crippen LogP contribution in [0.4, 0.5) is 4.39 Å². The first-order chi connectivity index (χ1) is 11.1. The van der Waals surface area contributed by atoms with E-state index < -0.39 is 6.04 Å². The van der Waals surface area contributed by atoms with Crippen molar-refractivity contribution in [2.24, 2.45) is 0 Å². The molecular weight excluding hydrogens is 297 g/mol. The van der Waals surface area contributed by atoms with Gasteiger partial charge in [0.05, 0.1) is 0 Å². The lowest BCUT2D eigenvalue weighted by Gasteiger charge is -2.30. The van der Waals surface area contributed by atoms with Crippen molar-refractivity contribution in [3.63, 3.8) is 0 Å². The van der Waals surface area contributed by atoms with Gasteiger partial charge in [0.2, 0.25) is 5.91 Å². The maximum atomic E-state index is 13.5. The highest BCUT2D eigenvalue weighted by atomic mass is 19.1. The highest BCUT2D eigenvalue weighted by molar-refractivity contribution is 5.80. The van der Waals surface area contributed by atoms with Crippen LogP contribution in [0.5, 0.6) is 0 Å². The third-order valence-corrected chi connectivity index (χ3v) is 4.22. The molecule has 1 aromatic carbocycles. The normalized spacial score (nSPS) is 16.3. The van der Waals surface area contributed by atoms with Crippen molar-refractivity contribution in [3.8, 4) is 0 Å². The third-order valence-electron chi connectivity index (χ3n) is 4.22. The number of amides is 1. The van der Waals surface area contributed by atoms with E-state index in [1.54, 1.807) is 17.7 Å². The van der Waals surface area contributed by atoms with Crippen molar-refractivity contribution in [2.45, 2.75) is 38.6 Å². The zero-order chi connectivity index (χ0) is 16.2. The summed E-state index contributed by atoms with van der Waals surface area (Å²) in [5.41, 5.74) is 0.759. The van der Waals surface area contributed by atoms with E-state index in [0.29, 0.717) is 12.2 Å². The maximum absolute atomic E-state index is 13.5. The number of aromatic nitrogens is 4. The summed E-state index contributed by atoms with van der Waals surface area (Å²) in [5.74, 6) is 0.279. The van der Waals surface area contributed by atoms with E-state index in [9.17, 15) is 9.18 Å². The SMILES string of the molecule is Cc1nnnn1[C@H](Cc1cccc(F)c1)C(=O)N1CCCCC1. The molecule has 122 valence electrons. The van der Waals surface area contributed by atoms with Gasteiger partial charge in [-0.1, -0.05) is 12.1 Å². The lowest BCUT2D eigenvalue weighted by atomic mass is 10.0. The third kappa shape index (κ3) is 3.55. The average Bonchev–Trinajstić information content (AvgIpc) is 2.99. The monoisotopic (exact) mass is 317 g/mol. The fourth-order valence-corrected chi connectivity index (χ4v) is 3.02. The van der Waals surface area contributed by atoms with Crippen LogP contribution in [0.1, 0.15) is 36.7 Å². The molecule has 1 atom stereocenters. The molecule has 0 spiro atoms. The summed E-state index contributed by atoms with van der Waals surface area (Å²) in [5, 5.41) is 11.5. The number of carbonyl (C=O) groups is 1.